The Kier molecular flexibility index (Phi) is 2.26. The van der Waals surface area contributed by atoms with Gasteiger partial charge in [-0.15, -0.1) is 0 Å². The minimum Gasteiger partial charge on any atom is -0.463 e. The van der Waals surface area contributed by atoms with E-state index in [1.807, 2.05) is 18.2 Å². The molecule has 2 nitrogen and oxygen atoms in total. The van der Waals surface area contributed by atoms with E-state index in [4.69, 9.17) is 4.42 Å². The van der Waals surface area contributed by atoms with Gasteiger partial charge in [0.1, 0.15) is 11.8 Å². The summed E-state index contributed by atoms with van der Waals surface area (Å²) in [6.45, 7) is 0. The summed E-state index contributed by atoms with van der Waals surface area (Å²) in [6, 6.07) is 5.67. The van der Waals surface area contributed by atoms with Gasteiger partial charge in [-0.1, -0.05) is 15.9 Å². The van der Waals surface area contributed by atoms with Crippen LogP contribution in [0, 0.1) is 0 Å². The number of halogens is 1. The number of furan rings is 1. The normalized spacial score (nSPS) is 13.4. The highest BCUT2D eigenvalue weighted by Gasteiger charge is 2.08. The fourth-order valence-corrected chi connectivity index (χ4v) is 2.21. The second-order valence-electron chi connectivity index (χ2n) is 2.69. The van der Waals surface area contributed by atoms with E-state index in [9.17, 15) is 4.21 Å². The zero-order valence-corrected chi connectivity index (χ0v) is 9.31. The average Bonchev–Trinajstić information content (AvgIpc) is 2.46. The monoisotopic (exact) mass is 258 g/mol. The summed E-state index contributed by atoms with van der Waals surface area (Å²) in [5.41, 5.74) is 0.772. The molecule has 0 N–H and O–H groups in total. The zero-order valence-electron chi connectivity index (χ0n) is 6.91. The van der Waals surface area contributed by atoms with Gasteiger partial charge >= 0.3 is 0 Å². The highest BCUT2D eigenvalue weighted by molar-refractivity contribution is 9.10. The van der Waals surface area contributed by atoms with Crippen molar-refractivity contribution in [3.8, 4) is 0 Å². The van der Waals surface area contributed by atoms with E-state index >= 15 is 0 Å². The van der Waals surface area contributed by atoms with Crippen molar-refractivity contribution in [2.24, 2.45) is 0 Å². The van der Waals surface area contributed by atoms with Crippen molar-refractivity contribution < 1.29 is 8.63 Å². The third-order valence-electron chi connectivity index (χ3n) is 1.81. The maximum absolute atomic E-state index is 11.3. The summed E-state index contributed by atoms with van der Waals surface area (Å²) in [5, 5.41) is 0.912. The molecule has 13 heavy (non-hydrogen) atoms. The maximum atomic E-state index is 11.3. The molecule has 1 heterocycles. The molecule has 68 valence electrons. The van der Waals surface area contributed by atoms with Gasteiger partial charge in [-0.2, -0.15) is 0 Å². The molecular formula is C9H7BrO2S. The Morgan fingerprint density at radius 2 is 2.23 bits per heavy atom. The molecule has 0 amide bonds. The molecule has 1 aromatic heterocycles. The molecule has 0 spiro atoms. The molecule has 1 unspecified atom stereocenters. The summed E-state index contributed by atoms with van der Waals surface area (Å²) in [5.74, 6) is 0. The van der Waals surface area contributed by atoms with Crippen LogP contribution in [0.15, 0.2) is 38.2 Å². The van der Waals surface area contributed by atoms with Gasteiger partial charge in [0.2, 0.25) is 0 Å². The first-order valence-corrected chi connectivity index (χ1v) is 6.04. The minimum absolute atomic E-state index is 0.747. The van der Waals surface area contributed by atoms with Crippen molar-refractivity contribution in [3.63, 3.8) is 0 Å². The standard InChI is InChI=1S/C9H7BrO2S/c1-13(11)9-5-12-8-3-2-6(10)4-7(8)9/h2-5H,1H3. The maximum Gasteiger partial charge on any atom is 0.135 e. The van der Waals surface area contributed by atoms with E-state index in [1.165, 1.54) is 0 Å². The van der Waals surface area contributed by atoms with Crippen molar-refractivity contribution in [2.45, 2.75) is 4.90 Å². The Labute approximate surface area is 86.5 Å². The second-order valence-corrected chi connectivity index (χ2v) is 4.96. The Balaban J connectivity index is 2.79. The molecule has 2 rings (SSSR count). The third kappa shape index (κ3) is 1.56. The molecule has 1 aromatic carbocycles. The highest BCUT2D eigenvalue weighted by atomic mass is 79.9. The third-order valence-corrected chi connectivity index (χ3v) is 3.24. The molecular weight excluding hydrogens is 252 g/mol. The van der Waals surface area contributed by atoms with Crippen LogP contribution in [0.4, 0.5) is 0 Å². The molecule has 0 aliphatic rings. The fourth-order valence-electron chi connectivity index (χ4n) is 1.20. The molecule has 0 aliphatic carbocycles. The Morgan fingerprint density at radius 1 is 1.46 bits per heavy atom. The average molecular weight is 259 g/mol. The van der Waals surface area contributed by atoms with Crippen molar-refractivity contribution in [3.05, 3.63) is 28.9 Å². The smallest absolute Gasteiger partial charge is 0.135 e. The molecule has 4 heteroatoms. The van der Waals surface area contributed by atoms with Crippen molar-refractivity contribution in [1.29, 1.82) is 0 Å². The SMILES string of the molecule is CS(=O)c1coc2ccc(Br)cc12. The molecule has 0 aliphatic heterocycles. The van der Waals surface area contributed by atoms with Gasteiger partial charge in [-0.05, 0) is 18.2 Å². The predicted octanol–water partition coefficient (Wildman–Crippen LogP) is 2.93. The van der Waals surface area contributed by atoms with Crippen LogP contribution in [0.3, 0.4) is 0 Å². The molecule has 0 saturated carbocycles. The Bertz CT molecular complexity index is 475. The topological polar surface area (TPSA) is 30.2 Å². The van der Waals surface area contributed by atoms with Gasteiger partial charge in [0.05, 0.1) is 15.7 Å². The lowest BCUT2D eigenvalue weighted by Crippen LogP contribution is -1.83. The molecule has 2 aromatic rings. The summed E-state index contributed by atoms with van der Waals surface area (Å²) in [6.07, 6.45) is 3.19. The number of benzene rings is 1. The van der Waals surface area contributed by atoms with Crippen LogP contribution in [0.25, 0.3) is 11.0 Å². The summed E-state index contributed by atoms with van der Waals surface area (Å²) in [7, 11) is -0.995. The van der Waals surface area contributed by atoms with E-state index in [0.717, 1.165) is 20.3 Å². The lowest BCUT2D eigenvalue weighted by molar-refractivity contribution is 0.606. The van der Waals surface area contributed by atoms with Crippen LogP contribution in [0.2, 0.25) is 0 Å². The van der Waals surface area contributed by atoms with E-state index in [-0.39, 0.29) is 0 Å². The number of hydrogen-bond acceptors (Lipinski definition) is 2. The number of rotatable bonds is 1. The molecule has 1 atom stereocenters. The van der Waals surface area contributed by atoms with E-state index in [0.29, 0.717) is 0 Å². The molecule has 0 fully saturated rings. The lowest BCUT2D eigenvalue weighted by Gasteiger charge is -1.92. The summed E-state index contributed by atoms with van der Waals surface area (Å²) >= 11 is 3.36. The summed E-state index contributed by atoms with van der Waals surface area (Å²) < 4.78 is 17.5. The minimum atomic E-state index is -0.995. The van der Waals surface area contributed by atoms with Gasteiger partial charge in [-0.25, -0.2) is 0 Å². The predicted molar refractivity (Wildman–Crippen MR) is 56.2 cm³/mol. The van der Waals surface area contributed by atoms with Crippen LogP contribution in [0.1, 0.15) is 0 Å². The highest BCUT2D eigenvalue weighted by Crippen LogP contribution is 2.26. The van der Waals surface area contributed by atoms with Crippen molar-refractivity contribution >= 4 is 37.7 Å². The molecule has 0 saturated heterocycles. The first kappa shape index (κ1) is 8.97. The van der Waals surface area contributed by atoms with Crippen molar-refractivity contribution in [2.75, 3.05) is 6.26 Å². The van der Waals surface area contributed by atoms with Crippen molar-refractivity contribution in [1.82, 2.24) is 0 Å². The first-order chi connectivity index (χ1) is 6.18. The number of hydrogen-bond donors (Lipinski definition) is 0. The van der Waals surface area contributed by atoms with Crippen LogP contribution >= 0.6 is 15.9 Å². The van der Waals surface area contributed by atoms with Gasteiger partial charge in [0.15, 0.2) is 0 Å². The van der Waals surface area contributed by atoms with Crippen LogP contribution in [-0.4, -0.2) is 10.5 Å². The fraction of sp³-hybridized carbons (Fsp3) is 0.111. The largest absolute Gasteiger partial charge is 0.463 e. The van der Waals surface area contributed by atoms with Crippen LogP contribution in [0.5, 0.6) is 0 Å². The lowest BCUT2D eigenvalue weighted by atomic mass is 10.3. The van der Waals surface area contributed by atoms with Gasteiger partial charge in [-0.3, -0.25) is 4.21 Å². The van der Waals surface area contributed by atoms with Gasteiger partial charge in [0, 0.05) is 16.1 Å². The van der Waals surface area contributed by atoms with E-state index in [1.54, 1.807) is 12.5 Å². The molecule has 0 radical (unpaired) electrons. The quantitative estimate of drug-likeness (QED) is 0.788. The first-order valence-electron chi connectivity index (χ1n) is 3.68. The van der Waals surface area contributed by atoms with E-state index < -0.39 is 10.8 Å². The Hall–Kier alpha value is -0.610. The second kappa shape index (κ2) is 3.27. The van der Waals surface area contributed by atoms with Gasteiger partial charge in [0.25, 0.3) is 0 Å². The zero-order chi connectivity index (χ0) is 9.42. The summed E-state index contributed by atoms with van der Waals surface area (Å²) in [4.78, 5) is 0.747. The Morgan fingerprint density at radius 3 is 2.92 bits per heavy atom. The molecule has 0 bridgehead atoms. The van der Waals surface area contributed by atoms with E-state index in [2.05, 4.69) is 15.9 Å². The number of fused-ring (bicyclic) bond motifs is 1. The van der Waals surface area contributed by atoms with Gasteiger partial charge < -0.3 is 4.42 Å². The van der Waals surface area contributed by atoms with Crippen LogP contribution < -0.4 is 0 Å². The van der Waals surface area contributed by atoms with Crippen LogP contribution in [-0.2, 0) is 10.8 Å².